The second kappa shape index (κ2) is 5.64. The SMILES string of the molecule is CN1CCCN=C1NCC1(CO)CC1c1ccc(F)cc1. The molecule has 21 heavy (non-hydrogen) atoms. The zero-order chi connectivity index (χ0) is 14.9. The van der Waals surface area contributed by atoms with Gasteiger partial charge in [0.05, 0.1) is 6.61 Å². The zero-order valence-corrected chi connectivity index (χ0v) is 12.3. The molecule has 1 saturated carbocycles. The average molecular weight is 291 g/mol. The van der Waals surface area contributed by atoms with Gasteiger partial charge in [-0.15, -0.1) is 0 Å². The molecule has 0 radical (unpaired) electrons. The normalized spacial score (nSPS) is 28.2. The molecule has 1 aromatic carbocycles. The van der Waals surface area contributed by atoms with E-state index in [2.05, 4.69) is 15.2 Å². The van der Waals surface area contributed by atoms with E-state index in [4.69, 9.17) is 0 Å². The Morgan fingerprint density at radius 1 is 1.43 bits per heavy atom. The molecule has 2 N–H and O–H groups in total. The molecule has 2 unspecified atom stereocenters. The van der Waals surface area contributed by atoms with Crippen molar-refractivity contribution in [3.8, 4) is 0 Å². The first-order valence-electron chi connectivity index (χ1n) is 7.50. The van der Waals surface area contributed by atoms with Crippen molar-refractivity contribution in [1.29, 1.82) is 0 Å². The standard InChI is InChI=1S/C16H22FN3O/c1-20-8-2-7-18-15(20)19-10-16(11-21)9-14(16)12-3-5-13(17)6-4-12/h3-6,14,21H,2,7-11H2,1H3,(H,18,19). The summed E-state index contributed by atoms with van der Waals surface area (Å²) in [6.07, 6.45) is 2.02. The number of nitrogens with one attached hydrogen (secondary N) is 1. The third-order valence-corrected chi connectivity index (χ3v) is 4.65. The fraction of sp³-hybridized carbons (Fsp3) is 0.562. The number of hydrogen-bond acceptors (Lipinski definition) is 4. The van der Waals surface area contributed by atoms with Gasteiger partial charge < -0.3 is 15.3 Å². The summed E-state index contributed by atoms with van der Waals surface area (Å²) in [7, 11) is 2.03. The minimum atomic E-state index is -0.217. The molecule has 114 valence electrons. The Morgan fingerprint density at radius 2 is 2.19 bits per heavy atom. The van der Waals surface area contributed by atoms with Crippen molar-refractivity contribution in [3.05, 3.63) is 35.6 Å². The van der Waals surface area contributed by atoms with Crippen LogP contribution in [0.3, 0.4) is 0 Å². The number of benzene rings is 1. The summed E-state index contributed by atoms with van der Waals surface area (Å²) in [5.41, 5.74) is 0.963. The van der Waals surface area contributed by atoms with E-state index in [-0.39, 0.29) is 17.8 Å². The fourth-order valence-corrected chi connectivity index (χ4v) is 3.11. The van der Waals surface area contributed by atoms with Crippen molar-refractivity contribution < 1.29 is 9.50 Å². The van der Waals surface area contributed by atoms with E-state index < -0.39 is 0 Å². The summed E-state index contributed by atoms with van der Waals surface area (Å²) < 4.78 is 13.0. The van der Waals surface area contributed by atoms with Gasteiger partial charge in [0.2, 0.25) is 0 Å². The molecule has 1 aliphatic heterocycles. The van der Waals surface area contributed by atoms with Gasteiger partial charge in [0.25, 0.3) is 0 Å². The summed E-state index contributed by atoms with van der Waals surface area (Å²) in [4.78, 5) is 6.60. The third-order valence-electron chi connectivity index (χ3n) is 4.65. The molecular weight excluding hydrogens is 269 g/mol. The molecule has 5 heteroatoms. The van der Waals surface area contributed by atoms with E-state index in [0.717, 1.165) is 37.5 Å². The molecule has 0 spiro atoms. The van der Waals surface area contributed by atoms with Gasteiger partial charge in [-0.1, -0.05) is 12.1 Å². The van der Waals surface area contributed by atoms with Crippen molar-refractivity contribution >= 4 is 5.96 Å². The Morgan fingerprint density at radius 3 is 2.86 bits per heavy atom. The largest absolute Gasteiger partial charge is 0.396 e. The van der Waals surface area contributed by atoms with Crippen LogP contribution in [0.1, 0.15) is 24.3 Å². The number of rotatable bonds is 4. The molecule has 0 saturated heterocycles. The molecule has 1 fully saturated rings. The molecule has 2 atom stereocenters. The van der Waals surface area contributed by atoms with Crippen LogP contribution in [0.5, 0.6) is 0 Å². The zero-order valence-electron chi connectivity index (χ0n) is 12.3. The minimum Gasteiger partial charge on any atom is -0.396 e. The molecular formula is C16H22FN3O. The average Bonchev–Trinajstić information content (AvgIpc) is 3.22. The number of aliphatic imine (C=N–C) groups is 1. The van der Waals surface area contributed by atoms with Crippen LogP contribution in [0.4, 0.5) is 4.39 Å². The lowest BCUT2D eigenvalue weighted by Crippen LogP contribution is -2.44. The van der Waals surface area contributed by atoms with E-state index >= 15 is 0 Å². The first kappa shape index (κ1) is 14.3. The summed E-state index contributed by atoms with van der Waals surface area (Å²) in [5, 5.41) is 13.1. The fourth-order valence-electron chi connectivity index (χ4n) is 3.11. The highest BCUT2D eigenvalue weighted by atomic mass is 19.1. The van der Waals surface area contributed by atoms with Crippen molar-refractivity contribution in [2.24, 2.45) is 10.4 Å². The van der Waals surface area contributed by atoms with Gasteiger partial charge in [-0.05, 0) is 36.5 Å². The highest BCUT2D eigenvalue weighted by Crippen LogP contribution is 2.58. The highest BCUT2D eigenvalue weighted by Gasteiger charge is 2.54. The molecule has 1 aromatic rings. The molecule has 0 bridgehead atoms. The van der Waals surface area contributed by atoms with Crippen LogP contribution in [0, 0.1) is 11.2 Å². The van der Waals surface area contributed by atoms with Crippen LogP contribution >= 0.6 is 0 Å². The maximum absolute atomic E-state index is 13.0. The van der Waals surface area contributed by atoms with Gasteiger partial charge in [-0.2, -0.15) is 0 Å². The van der Waals surface area contributed by atoms with Crippen LogP contribution in [0.25, 0.3) is 0 Å². The smallest absolute Gasteiger partial charge is 0.193 e. The second-order valence-electron chi connectivity index (χ2n) is 6.16. The summed E-state index contributed by atoms with van der Waals surface area (Å²) >= 11 is 0. The Balaban J connectivity index is 1.64. The van der Waals surface area contributed by atoms with Gasteiger partial charge in [-0.3, -0.25) is 4.99 Å². The molecule has 0 aromatic heterocycles. The van der Waals surface area contributed by atoms with E-state index in [1.807, 2.05) is 19.2 Å². The number of aliphatic hydroxyl groups excluding tert-OH is 1. The number of halogens is 1. The van der Waals surface area contributed by atoms with Crippen LogP contribution < -0.4 is 5.32 Å². The van der Waals surface area contributed by atoms with E-state index in [1.165, 1.54) is 12.1 Å². The first-order chi connectivity index (χ1) is 10.1. The molecule has 1 heterocycles. The highest BCUT2D eigenvalue weighted by molar-refractivity contribution is 5.80. The Labute approximate surface area is 124 Å². The van der Waals surface area contributed by atoms with Crippen molar-refractivity contribution in [3.63, 3.8) is 0 Å². The van der Waals surface area contributed by atoms with Crippen LogP contribution in [-0.4, -0.2) is 49.3 Å². The van der Waals surface area contributed by atoms with Gasteiger partial charge in [0.15, 0.2) is 5.96 Å². The third kappa shape index (κ3) is 2.88. The molecule has 4 nitrogen and oxygen atoms in total. The van der Waals surface area contributed by atoms with Crippen LogP contribution in [-0.2, 0) is 0 Å². The lowest BCUT2D eigenvalue weighted by Gasteiger charge is -2.27. The Kier molecular flexibility index (Phi) is 3.85. The van der Waals surface area contributed by atoms with E-state index in [0.29, 0.717) is 12.5 Å². The summed E-state index contributed by atoms with van der Waals surface area (Å²) in [5.74, 6) is 0.995. The summed E-state index contributed by atoms with van der Waals surface area (Å²) in [6.45, 7) is 2.72. The van der Waals surface area contributed by atoms with E-state index in [1.54, 1.807) is 0 Å². The maximum atomic E-state index is 13.0. The number of nitrogens with zero attached hydrogens (tertiary/aromatic N) is 2. The van der Waals surface area contributed by atoms with Crippen molar-refractivity contribution in [1.82, 2.24) is 10.2 Å². The van der Waals surface area contributed by atoms with Crippen molar-refractivity contribution in [2.45, 2.75) is 18.8 Å². The molecule has 3 rings (SSSR count). The van der Waals surface area contributed by atoms with Crippen LogP contribution in [0.15, 0.2) is 29.3 Å². The van der Waals surface area contributed by atoms with Gasteiger partial charge in [-0.25, -0.2) is 4.39 Å². The Hall–Kier alpha value is -1.62. The minimum absolute atomic E-state index is 0.138. The predicted molar refractivity (Wildman–Crippen MR) is 80.8 cm³/mol. The maximum Gasteiger partial charge on any atom is 0.193 e. The van der Waals surface area contributed by atoms with Crippen LogP contribution in [0.2, 0.25) is 0 Å². The first-order valence-corrected chi connectivity index (χ1v) is 7.50. The Bertz CT molecular complexity index is 531. The van der Waals surface area contributed by atoms with Gasteiger partial charge >= 0.3 is 0 Å². The second-order valence-corrected chi connectivity index (χ2v) is 6.16. The monoisotopic (exact) mass is 291 g/mol. The van der Waals surface area contributed by atoms with Crippen molar-refractivity contribution in [2.75, 3.05) is 33.3 Å². The quantitative estimate of drug-likeness (QED) is 0.885. The molecule has 1 aliphatic carbocycles. The number of hydrogen-bond donors (Lipinski definition) is 2. The lowest BCUT2D eigenvalue weighted by molar-refractivity contribution is 0.206. The lowest BCUT2D eigenvalue weighted by atomic mass is 10.00. The van der Waals surface area contributed by atoms with Gasteiger partial charge in [0.1, 0.15) is 5.82 Å². The number of aliphatic hydroxyl groups is 1. The van der Waals surface area contributed by atoms with Gasteiger partial charge in [0, 0.05) is 32.1 Å². The molecule has 2 aliphatic rings. The predicted octanol–water partition coefficient (Wildman–Crippen LogP) is 1.57. The number of guanidine groups is 1. The summed E-state index contributed by atoms with van der Waals surface area (Å²) in [6, 6.07) is 6.62. The van der Waals surface area contributed by atoms with E-state index in [9.17, 15) is 9.50 Å². The topological polar surface area (TPSA) is 47.9 Å². The molecule has 0 amide bonds.